The highest BCUT2D eigenvalue weighted by molar-refractivity contribution is 5.70. The Kier molecular flexibility index (Phi) is 3.73. The topological polar surface area (TPSA) is 55.1 Å². The average Bonchev–Trinajstić information content (AvgIpc) is 2.77. The zero-order valence-corrected chi connectivity index (χ0v) is 11.3. The van der Waals surface area contributed by atoms with Crippen LogP contribution < -0.4 is 0 Å². The smallest absolute Gasteiger partial charge is 0.308 e. The van der Waals surface area contributed by atoms with Crippen molar-refractivity contribution in [2.24, 2.45) is 11.8 Å². The molecule has 4 heteroatoms. The van der Waals surface area contributed by atoms with Gasteiger partial charge < -0.3 is 9.67 Å². The highest BCUT2D eigenvalue weighted by Crippen LogP contribution is 2.38. The molecule has 0 aromatic carbocycles. The molecule has 1 N–H and O–H groups in total. The SMILES string of the molecule is CC1CCC(C(=O)O)C(n2ccnc2C(C)C)C1. The van der Waals surface area contributed by atoms with E-state index in [4.69, 9.17) is 0 Å². The lowest BCUT2D eigenvalue weighted by atomic mass is 9.78. The van der Waals surface area contributed by atoms with E-state index >= 15 is 0 Å². The van der Waals surface area contributed by atoms with E-state index in [1.54, 1.807) is 6.20 Å². The molecule has 1 heterocycles. The van der Waals surface area contributed by atoms with Gasteiger partial charge in [0.05, 0.1) is 5.92 Å². The van der Waals surface area contributed by atoms with Gasteiger partial charge in [0.15, 0.2) is 0 Å². The molecule has 0 amide bonds. The Bertz CT molecular complexity index is 425. The van der Waals surface area contributed by atoms with Gasteiger partial charge in [-0.1, -0.05) is 20.8 Å². The minimum atomic E-state index is -0.671. The van der Waals surface area contributed by atoms with Crippen LogP contribution >= 0.6 is 0 Å². The standard InChI is InChI=1S/C14H22N2O2/c1-9(2)13-15-6-7-16(13)12-8-10(3)4-5-11(12)14(17)18/h6-7,9-12H,4-5,8H2,1-3H3,(H,17,18). The maximum Gasteiger partial charge on any atom is 0.308 e. The molecule has 18 heavy (non-hydrogen) atoms. The molecule has 1 aliphatic carbocycles. The molecule has 1 aliphatic rings. The first-order valence-electron chi connectivity index (χ1n) is 6.76. The van der Waals surface area contributed by atoms with Gasteiger partial charge in [0.1, 0.15) is 5.82 Å². The number of nitrogens with zero attached hydrogens (tertiary/aromatic N) is 2. The molecule has 1 aromatic heterocycles. The summed E-state index contributed by atoms with van der Waals surface area (Å²) < 4.78 is 2.10. The maximum atomic E-state index is 11.4. The van der Waals surface area contributed by atoms with Crippen LogP contribution in [0.1, 0.15) is 57.8 Å². The van der Waals surface area contributed by atoms with Gasteiger partial charge in [-0.15, -0.1) is 0 Å². The first kappa shape index (κ1) is 13.1. The highest BCUT2D eigenvalue weighted by atomic mass is 16.4. The van der Waals surface area contributed by atoms with E-state index in [1.165, 1.54) is 0 Å². The van der Waals surface area contributed by atoms with Gasteiger partial charge in [0.25, 0.3) is 0 Å². The van der Waals surface area contributed by atoms with Gasteiger partial charge in [0, 0.05) is 24.4 Å². The number of aromatic nitrogens is 2. The summed E-state index contributed by atoms with van der Waals surface area (Å²) >= 11 is 0. The molecule has 2 rings (SSSR count). The Hall–Kier alpha value is -1.32. The molecule has 3 atom stereocenters. The van der Waals surface area contributed by atoms with Crippen molar-refractivity contribution in [2.45, 2.75) is 52.0 Å². The van der Waals surface area contributed by atoms with Crippen molar-refractivity contribution in [3.63, 3.8) is 0 Å². The molecule has 100 valence electrons. The summed E-state index contributed by atoms with van der Waals surface area (Å²) in [7, 11) is 0. The van der Waals surface area contributed by atoms with Crippen LogP contribution in [0.25, 0.3) is 0 Å². The number of hydrogen-bond acceptors (Lipinski definition) is 2. The number of hydrogen-bond donors (Lipinski definition) is 1. The van der Waals surface area contributed by atoms with Crippen LogP contribution in [0.4, 0.5) is 0 Å². The fourth-order valence-electron chi connectivity index (χ4n) is 3.00. The van der Waals surface area contributed by atoms with Crippen molar-refractivity contribution in [3.8, 4) is 0 Å². The maximum absolute atomic E-state index is 11.4. The Labute approximate surface area is 108 Å². The van der Waals surface area contributed by atoms with Gasteiger partial charge >= 0.3 is 5.97 Å². The lowest BCUT2D eigenvalue weighted by Gasteiger charge is -2.34. The molecule has 3 unspecified atom stereocenters. The highest BCUT2D eigenvalue weighted by Gasteiger charge is 2.35. The number of carbonyl (C=O) groups is 1. The molecule has 0 spiro atoms. The first-order chi connectivity index (χ1) is 8.50. The number of rotatable bonds is 3. The third kappa shape index (κ3) is 2.42. The van der Waals surface area contributed by atoms with Crippen molar-refractivity contribution < 1.29 is 9.90 Å². The molecule has 0 bridgehead atoms. The minimum Gasteiger partial charge on any atom is -0.481 e. The van der Waals surface area contributed by atoms with E-state index in [0.717, 1.165) is 25.1 Å². The molecule has 1 aromatic rings. The van der Waals surface area contributed by atoms with Gasteiger partial charge in [-0.05, 0) is 25.2 Å². The second kappa shape index (κ2) is 5.12. The van der Waals surface area contributed by atoms with Gasteiger partial charge in [-0.2, -0.15) is 0 Å². The van der Waals surface area contributed by atoms with Gasteiger partial charge in [-0.3, -0.25) is 4.79 Å². The second-order valence-electron chi connectivity index (χ2n) is 5.78. The number of aliphatic carboxylic acids is 1. The minimum absolute atomic E-state index is 0.0612. The second-order valence-corrected chi connectivity index (χ2v) is 5.78. The Morgan fingerprint density at radius 3 is 2.83 bits per heavy atom. The zero-order chi connectivity index (χ0) is 13.3. The normalized spacial score (nSPS) is 28.6. The largest absolute Gasteiger partial charge is 0.481 e. The molecule has 0 saturated heterocycles. The quantitative estimate of drug-likeness (QED) is 0.897. The van der Waals surface area contributed by atoms with Crippen LogP contribution in [0.15, 0.2) is 12.4 Å². The van der Waals surface area contributed by atoms with Crippen molar-refractivity contribution in [2.75, 3.05) is 0 Å². The third-order valence-electron chi connectivity index (χ3n) is 3.97. The summed E-state index contributed by atoms with van der Waals surface area (Å²) in [5.74, 6) is 0.975. The summed E-state index contributed by atoms with van der Waals surface area (Å²) in [6.45, 7) is 6.40. The van der Waals surface area contributed by atoms with Crippen LogP contribution in [0.3, 0.4) is 0 Å². The first-order valence-corrected chi connectivity index (χ1v) is 6.76. The van der Waals surface area contributed by atoms with Crippen LogP contribution in [-0.2, 0) is 4.79 Å². The van der Waals surface area contributed by atoms with E-state index in [0.29, 0.717) is 11.8 Å². The fourth-order valence-corrected chi connectivity index (χ4v) is 3.00. The van der Waals surface area contributed by atoms with Crippen molar-refractivity contribution in [1.29, 1.82) is 0 Å². The lowest BCUT2D eigenvalue weighted by Crippen LogP contribution is -2.32. The average molecular weight is 250 g/mol. The Morgan fingerprint density at radius 1 is 1.50 bits per heavy atom. The summed E-state index contributed by atoms with van der Waals surface area (Å²) in [6, 6.07) is 0.0612. The monoisotopic (exact) mass is 250 g/mol. The van der Waals surface area contributed by atoms with E-state index in [9.17, 15) is 9.90 Å². The predicted molar refractivity (Wildman–Crippen MR) is 69.5 cm³/mol. The Morgan fingerprint density at radius 2 is 2.22 bits per heavy atom. The van der Waals surface area contributed by atoms with Crippen LogP contribution in [0.2, 0.25) is 0 Å². The van der Waals surface area contributed by atoms with Crippen molar-refractivity contribution in [1.82, 2.24) is 9.55 Å². The van der Waals surface area contributed by atoms with Gasteiger partial charge in [-0.25, -0.2) is 4.98 Å². The summed E-state index contributed by atoms with van der Waals surface area (Å²) in [4.78, 5) is 15.8. The van der Waals surface area contributed by atoms with Crippen molar-refractivity contribution in [3.05, 3.63) is 18.2 Å². The third-order valence-corrected chi connectivity index (χ3v) is 3.97. The van der Waals surface area contributed by atoms with Crippen LogP contribution in [-0.4, -0.2) is 20.6 Å². The molecule has 1 fully saturated rings. The summed E-state index contributed by atoms with van der Waals surface area (Å²) in [5, 5.41) is 9.39. The molecular formula is C14H22N2O2. The van der Waals surface area contributed by atoms with Crippen molar-refractivity contribution >= 4 is 5.97 Å². The van der Waals surface area contributed by atoms with E-state index in [-0.39, 0.29) is 12.0 Å². The Balaban J connectivity index is 2.32. The molecule has 1 saturated carbocycles. The van der Waals surface area contributed by atoms with Crippen LogP contribution in [0, 0.1) is 11.8 Å². The van der Waals surface area contributed by atoms with E-state index in [1.807, 2.05) is 6.20 Å². The number of carboxylic acids is 1. The van der Waals surface area contributed by atoms with Crippen LogP contribution in [0.5, 0.6) is 0 Å². The van der Waals surface area contributed by atoms with E-state index < -0.39 is 5.97 Å². The van der Waals surface area contributed by atoms with Gasteiger partial charge in [0.2, 0.25) is 0 Å². The molecular weight excluding hydrogens is 228 g/mol. The van der Waals surface area contributed by atoms with E-state index in [2.05, 4.69) is 30.3 Å². The predicted octanol–water partition coefficient (Wildman–Crippen LogP) is 3.07. The lowest BCUT2D eigenvalue weighted by molar-refractivity contribution is -0.144. The molecule has 4 nitrogen and oxygen atoms in total. The molecule has 0 radical (unpaired) electrons. The summed E-state index contributed by atoms with van der Waals surface area (Å²) in [6.07, 6.45) is 6.45. The summed E-state index contributed by atoms with van der Waals surface area (Å²) in [5.41, 5.74) is 0. The number of imidazole rings is 1. The zero-order valence-electron chi connectivity index (χ0n) is 11.3. The fraction of sp³-hybridized carbons (Fsp3) is 0.714. The number of carboxylic acid groups (broad SMARTS) is 1. The molecule has 0 aliphatic heterocycles.